The summed E-state index contributed by atoms with van der Waals surface area (Å²) in [6.45, 7) is 8.13. The predicted molar refractivity (Wildman–Crippen MR) is 84.2 cm³/mol. The van der Waals surface area contributed by atoms with E-state index < -0.39 is 0 Å². The molecule has 0 saturated carbocycles. The molecule has 0 bridgehead atoms. The molecule has 108 valence electrons. The summed E-state index contributed by atoms with van der Waals surface area (Å²) in [5.41, 5.74) is 14.4. The van der Waals surface area contributed by atoms with Crippen molar-refractivity contribution < 1.29 is 0 Å². The monoisotopic (exact) mass is 262 g/mol. The quantitative estimate of drug-likeness (QED) is 0.755. The Balaban J connectivity index is 2.68. The third-order valence-electron chi connectivity index (χ3n) is 4.46. The van der Waals surface area contributed by atoms with Crippen LogP contribution in [-0.4, -0.2) is 13.1 Å². The van der Waals surface area contributed by atoms with Gasteiger partial charge in [0.2, 0.25) is 0 Å². The van der Waals surface area contributed by atoms with Crippen molar-refractivity contribution in [2.75, 3.05) is 13.1 Å². The molecule has 4 N–H and O–H groups in total. The van der Waals surface area contributed by atoms with E-state index in [1.54, 1.807) is 0 Å². The molecule has 0 aliphatic carbocycles. The van der Waals surface area contributed by atoms with Crippen LogP contribution in [-0.2, 0) is 6.42 Å². The van der Waals surface area contributed by atoms with E-state index in [-0.39, 0.29) is 0 Å². The summed E-state index contributed by atoms with van der Waals surface area (Å²) >= 11 is 0. The lowest BCUT2D eigenvalue weighted by Crippen LogP contribution is -2.31. The SMILES string of the molecule is CCCCc1ccc(C(C)C(C)C(CN)CN)cc1. The van der Waals surface area contributed by atoms with E-state index in [1.807, 2.05) is 0 Å². The molecule has 0 saturated heterocycles. The van der Waals surface area contributed by atoms with Crippen molar-refractivity contribution in [1.82, 2.24) is 0 Å². The topological polar surface area (TPSA) is 52.0 Å². The van der Waals surface area contributed by atoms with Crippen LogP contribution < -0.4 is 11.5 Å². The van der Waals surface area contributed by atoms with Crippen LogP contribution in [0.25, 0.3) is 0 Å². The maximum absolute atomic E-state index is 5.80. The molecule has 0 heterocycles. The van der Waals surface area contributed by atoms with Crippen molar-refractivity contribution in [3.63, 3.8) is 0 Å². The molecule has 0 radical (unpaired) electrons. The highest BCUT2D eigenvalue weighted by molar-refractivity contribution is 5.25. The third-order valence-corrected chi connectivity index (χ3v) is 4.46. The number of hydrogen-bond acceptors (Lipinski definition) is 2. The van der Waals surface area contributed by atoms with Crippen molar-refractivity contribution in [2.45, 2.75) is 46.0 Å². The molecule has 0 spiro atoms. The maximum Gasteiger partial charge on any atom is -0.00340 e. The van der Waals surface area contributed by atoms with Crippen molar-refractivity contribution >= 4 is 0 Å². The van der Waals surface area contributed by atoms with Gasteiger partial charge in [0.15, 0.2) is 0 Å². The van der Waals surface area contributed by atoms with E-state index in [4.69, 9.17) is 11.5 Å². The minimum absolute atomic E-state index is 0.412. The number of nitrogens with two attached hydrogens (primary N) is 2. The Labute approximate surface area is 118 Å². The number of benzene rings is 1. The summed E-state index contributed by atoms with van der Waals surface area (Å²) in [5.74, 6) is 1.45. The molecule has 2 atom stereocenters. The zero-order chi connectivity index (χ0) is 14.3. The lowest BCUT2D eigenvalue weighted by atomic mass is 9.80. The standard InChI is InChI=1S/C17H30N2/c1-4-5-6-15-7-9-16(10-8-15)13(2)14(3)17(11-18)12-19/h7-10,13-14,17H,4-6,11-12,18-19H2,1-3H3. The van der Waals surface area contributed by atoms with E-state index in [0.717, 1.165) is 0 Å². The molecule has 19 heavy (non-hydrogen) atoms. The molecule has 0 aromatic heterocycles. The molecule has 2 nitrogen and oxygen atoms in total. The summed E-state index contributed by atoms with van der Waals surface area (Å²) in [4.78, 5) is 0. The van der Waals surface area contributed by atoms with Crippen molar-refractivity contribution in [3.05, 3.63) is 35.4 Å². The van der Waals surface area contributed by atoms with Crippen LogP contribution in [0.15, 0.2) is 24.3 Å². The molecule has 2 unspecified atom stereocenters. The maximum atomic E-state index is 5.80. The highest BCUT2D eigenvalue weighted by Gasteiger charge is 2.21. The van der Waals surface area contributed by atoms with Crippen LogP contribution in [0.2, 0.25) is 0 Å². The van der Waals surface area contributed by atoms with Gasteiger partial charge in [-0.05, 0) is 54.8 Å². The van der Waals surface area contributed by atoms with Crippen LogP contribution in [0.1, 0.15) is 50.7 Å². The lowest BCUT2D eigenvalue weighted by Gasteiger charge is -2.27. The molecule has 2 heteroatoms. The van der Waals surface area contributed by atoms with Gasteiger partial charge in [0.25, 0.3) is 0 Å². The first-order chi connectivity index (χ1) is 9.13. The molecule has 0 aliphatic rings. The Bertz CT molecular complexity index is 341. The number of hydrogen-bond donors (Lipinski definition) is 2. The van der Waals surface area contributed by atoms with Crippen LogP contribution >= 0.6 is 0 Å². The summed E-state index contributed by atoms with van der Waals surface area (Å²) in [6.07, 6.45) is 3.71. The molecular weight excluding hydrogens is 232 g/mol. The van der Waals surface area contributed by atoms with Gasteiger partial charge in [-0.2, -0.15) is 0 Å². The van der Waals surface area contributed by atoms with Gasteiger partial charge >= 0.3 is 0 Å². The highest BCUT2D eigenvalue weighted by Crippen LogP contribution is 2.29. The van der Waals surface area contributed by atoms with E-state index in [9.17, 15) is 0 Å². The summed E-state index contributed by atoms with van der Waals surface area (Å²) in [7, 11) is 0. The van der Waals surface area contributed by atoms with Gasteiger partial charge in [-0.3, -0.25) is 0 Å². The Hall–Kier alpha value is -0.860. The molecule has 0 fully saturated rings. The van der Waals surface area contributed by atoms with E-state index in [2.05, 4.69) is 45.0 Å². The molecule has 1 rings (SSSR count). The average Bonchev–Trinajstić information content (AvgIpc) is 2.46. The van der Waals surface area contributed by atoms with Gasteiger partial charge in [-0.15, -0.1) is 0 Å². The molecule has 1 aromatic carbocycles. The van der Waals surface area contributed by atoms with E-state index >= 15 is 0 Å². The second-order valence-electron chi connectivity index (χ2n) is 5.72. The summed E-state index contributed by atoms with van der Waals surface area (Å²) in [5, 5.41) is 0. The lowest BCUT2D eigenvalue weighted by molar-refractivity contribution is 0.328. The summed E-state index contributed by atoms with van der Waals surface area (Å²) < 4.78 is 0. The van der Waals surface area contributed by atoms with Crippen LogP contribution in [0.4, 0.5) is 0 Å². The Morgan fingerprint density at radius 3 is 2.05 bits per heavy atom. The first kappa shape index (κ1) is 16.2. The first-order valence-electron chi connectivity index (χ1n) is 7.63. The van der Waals surface area contributed by atoms with Crippen molar-refractivity contribution in [1.29, 1.82) is 0 Å². The molecule has 0 aliphatic heterocycles. The van der Waals surface area contributed by atoms with Gasteiger partial charge in [0.1, 0.15) is 0 Å². The highest BCUT2D eigenvalue weighted by atomic mass is 14.6. The minimum Gasteiger partial charge on any atom is -0.330 e. The Kier molecular flexibility index (Phi) is 7.11. The fourth-order valence-corrected chi connectivity index (χ4v) is 2.61. The van der Waals surface area contributed by atoms with Gasteiger partial charge in [-0.1, -0.05) is 51.5 Å². The zero-order valence-corrected chi connectivity index (χ0v) is 12.7. The summed E-state index contributed by atoms with van der Waals surface area (Å²) in [6, 6.07) is 9.09. The van der Waals surface area contributed by atoms with Crippen LogP contribution in [0.5, 0.6) is 0 Å². The zero-order valence-electron chi connectivity index (χ0n) is 12.7. The van der Waals surface area contributed by atoms with E-state index in [0.29, 0.717) is 30.8 Å². The normalized spacial score (nSPS) is 14.6. The van der Waals surface area contributed by atoms with Crippen LogP contribution in [0.3, 0.4) is 0 Å². The number of rotatable bonds is 8. The van der Waals surface area contributed by atoms with Gasteiger partial charge in [0, 0.05) is 0 Å². The smallest absolute Gasteiger partial charge is 0.00340 e. The van der Waals surface area contributed by atoms with Crippen molar-refractivity contribution in [3.8, 4) is 0 Å². The second-order valence-corrected chi connectivity index (χ2v) is 5.72. The van der Waals surface area contributed by atoms with E-state index in [1.165, 1.54) is 30.4 Å². The first-order valence-corrected chi connectivity index (χ1v) is 7.63. The van der Waals surface area contributed by atoms with Gasteiger partial charge in [-0.25, -0.2) is 0 Å². The number of aryl methyl sites for hydroxylation is 1. The van der Waals surface area contributed by atoms with Crippen LogP contribution in [0, 0.1) is 11.8 Å². The molecule has 0 amide bonds. The fraction of sp³-hybridized carbons (Fsp3) is 0.647. The molecular formula is C17H30N2. The second kappa shape index (κ2) is 8.34. The van der Waals surface area contributed by atoms with Gasteiger partial charge < -0.3 is 11.5 Å². The fourth-order valence-electron chi connectivity index (χ4n) is 2.61. The van der Waals surface area contributed by atoms with Crippen molar-refractivity contribution in [2.24, 2.45) is 23.3 Å². The molecule has 1 aromatic rings. The Morgan fingerprint density at radius 2 is 1.58 bits per heavy atom. The van der Waals surface area contributed by atoms with Gasteiger partial charge in [0.05, 0.1) is 0 Å². The Morgan fingerprint density at radius 1 is 1.00 bits per heavy atom. The minimum atomic E-state index is 0.412. The third kappa shape index (κ3) is 4.63. The number of unbranched alkanes of at least 4 members (excludes halogenated alkanes) is 1. The largest absolute Gasteiger partial charge is 0.330 e. The average molecular weight is 262 g/mol. The predicted octanol–water partition coefficient (Wildman–Crippen LogP) is 3.30.